The van der Waals surface area contributed by atoms with Crippen LogP contribution in [0.5, 0.6) is 11.5 Å². The number of aromatic nitrogens is 4. The molecule has 3 heterocycles. The van der Waals surface area contributed by atoms with E-state index < -0.39 is 5.97 Å². The van der Waals surface area contributed by atoms with Crippen LogP contribution in [0.25, 0.3) is 22.6 Å². The van der Waals surface area contributed by atoms with Gasteiger partial charge in [-0.05, 0) is 61.9 Å². The molecule has 9 heteroatoms. The number of rotatable bonds is 7. The van der Waals surface area contributed by atoms with Crippen LogP contribution in [0, 0.1) is 13.8 Å². The first-order valence-corrected chi connectivity index (χ1v) is 11.9. The lowest BCUT2D eigenvalue weighted by Gasteiger charge is -2.12. The van der Waals surface area contributed by atoms with Crippen LogP contribution in [0.15, 0.2) is 77.7 Å². The Morgan fingerprint density at radius 2 is 1.79 bits per heavy atom. The van der Waals surface area contributed by atoms with Crippen LogP contribution in [0.4, 0.5) is 0 Å². The summed E-state index contributed by atoms with van der Waals surface area (Å²) in [5.41, 5.74) is 4.53. The molecule has 0 N–H and O–H groups in total. The Kier molecular flexibility index (Phi) is 6.66. The van der Waals surface area contributed by atoms with Crippen LogP contribution in [-0.2, 0) is 11.3 Å². The van der Waals surface area contributed by atoms with Gasteiger partial charge in [-0.15, -0.1) is 0 Å². The number of esters is 1. The molecule has 0 unspecified atom stereocenters. The van der Waals surface area contributed by atoms with Gasteiger partial charge in [0.2, 0.25) is 0 Å². The Morgan fingerprint density at radius 3 is 2.58 bits per heavy atom. The molecular formula is C29H26N4O5. The number of hydrogen-bond donors (Lipinski definition) is 0. The molecule has 0 bridgehead atoms. The molecule has 0 atom stereocenters. The second kappa shape index (κ2) is 10.2. The average molecular weight is 511 g/mol. The van der Waals surface area contributed by atoms with Gasteiger partial charge >= 0.3 is 5.97 Å². The van der Waals surface area contributed by atoms with E-state index in [1.54, 1.807) is 55.2 Å². The Labute approximate surface area is 218 Å². The van der Waals surface area contributed by atoms with Crippen LogP contribution in [-0.4, -0.2) is 39.4 Å². The minimum Gasteiger partial charge on any atom is -0.497 e. The number of nitrogens with zero attached hydrogens (tertiary/aromatic N) is 4. The molecule has 0 saturated carbocycles. The molecule has 0 amide bonds. The SMILES string of the molecule is COC(=O)c1cccc(COc2cccn3c(=O)c(-c4cc(C)n(-c5cccc(OC)c5)n4)c(C)nc23)c1. The van der Waals surface area contributed by atoms with Gasteiger partial charge in [0.15, 0.2) is 11.4 Å². The van der Waals surface area contributed by atoms with E-state index in [1.165, 1.54) is 11.5 Å². The predicted octanol–water partition coefficient (Wildman–Crippen LogP) is 4.54. The Hall–Kier alpha value is -4.92. The normalized spacial score (nSPS) is 10.9. The van der Waals surface area contributed by atoms with Crippen molar-refractivity contribution in [1.82, 2.24) is 19.2 Å². The van der Waals surface area contributed by atoms with Gasteiger partial charge in [0.25, 0.3) is 5.56 Å². The second-order valence-corrected chi connectivity index (χ2v) is 8.71. The first-order chi connectivity index (χ1) is 18.4. The maximum absolute atomic E-state index is 13.6. The Bertz CT molecular complexity index is 1720. The molecule has 0 aliphatic rings. The molecule has 38 heavy (non-hydrogen) atoms. The van der Waals surface area contributed by atoms with E-state index >= 15 is 0 Å². The van der Waals surface area contributed by atoms with Crippen molar-refractivity contribution < 1.29 is 19.0 Å². The number of methoxy groups -OCH3 is 2. The van der Waals surface area contributed by atoms with Gasteiger partial charge in [0, 0.05) is 18.0 Å². The number of carbonyl (C=O) groups is 1. The quantitative estimate of drug-likeness (QED) is 0.297. The van der Waals surface area contributed by atoms with Crippen LogP contribution >= 0.6 is 0 Å². The van der Waals surface area contributed by atoms with E-state index in [0.717, 1.165) is 16.9 Å². The van der Waals surface area contributed by atoms with Gasteiger partial charge in [-0.3, -0.25) is 9.20 Å². The zero-order valence-corrected chi connectivity index (χ0v) is 21.5. The van der Waals surface area contributed by atoms with Gasteiger partial charge in [0.1, 0.15) is 18.1 Å². The molecule has 5 aromatic rings. The number of fused-ring (bicyclic) bond motifs is 1. The number of hydrogen-bond acceptors (Lipinski definition) is 7. The van der Waals surface area contributed by atoms with Crippen LogP contribution in [0.2, 0.25) is 0 Å². The highest BCUT2D eigenvalue weighted by Crippen LogP contribution is 2.25. The topological polar surface area (TPSA) is 97.0 Å². The van der Waals surface area contributed by atoms with Gasteiger partial charge < -0.3 is 14.2 Å². The maximum Gasteiger partial charge on any atom is 0.337 e. The highest BCUT2D eigenvalue weighted by molar-refractivity contribution is 5.89. The van der Waals surface area contributed by atoms with Crippen molar-refractivity contribution in [2.45, 2.75) is 20.5 Å². The fourth-order valence-electron chi connectivity index (χ4n) is 4.32. The predicted molar refractivity (Wildman–Crippen MR) is 142 cm³/mol. The number of aryl methyl sites for hydroxylation is 2. The van der Waals surface area contributed by atoms with Crippen molar-refractivity contribution in [2.24, 2.45) is 0 Å². The first kappa shape index (κ1) is 24.8. The molecule has 0 saturated heterocycles. The summed E-state index contributed by atoms with van der Waals surface area (Å²) >= 11 is 0. The van der Waals surface area contributed by atoms with Gasteiger partial charge in [-0.2, -0.15) is 5.10 Å². The molecule has 9 nitrogen and oxygen atoms in total. The summed E-state index contributed by atoms with van der Waals surface area (Å²) in [4.78, 5) is 30.2. The summed E-state index contributed by atoms with van der Waals surface area (Å²) in [6, 6.07) is 19.9. The van der Waals surface area contributed by atoms with Crippen molar-refractivity contribution in [2.75, 3.05) is 14.2 Å². The van der Waals surface area contributed by atoms with Crippen molar-refractivity contribution in [1.29, 1.82) is 0 Å². The smallest absolute Gasteiger partial charge is 0.337 e. The van der Waals surface area contributed by atoms with Crippen molar-refractivity contribution in [3.05, 3.63) is 106 Å². The summed E-state index contributed by atoms with van der Waals surface area (Å²) in [5, 5.41) is 4.72. The van der Waals surface area contributed by atoms with E-state index in [2.05, 4.69) is 0 Å². The number of carbonyl (C=O) groups excluding carboxylic acids is 1. The van der Waals surface area contributed by atoms with Crippen molar-refractivity contribution >= 4 is 11.6 Å². The molecule has 0 fully saturated rings. The summed E-state index contributed by atoms with van der Waals surface area (Å²) in [5.74, 6) is 0.741. The zero-order chi connectivity index (χ0) is 26.8. The largest absolute Gasteiger partial charge is 0.497 e. The molecule has 0 radical (unpaired) electrons. The van der Waals surface area contributed by atoms with Crippen molar-refractivity contribution in [3.8, 4) is 28.4 Å². The molecule has 192 valence electrons. The standard InChI is InChI=1S/C29H26N4O5/c1-18-14-24(31-33(18)22-10-6-11-23(16-22)36-3)26-19(2)30-27-25(12-7-13-32(27)28(26)34)38-17-20-8-5-9-21(15-20)29(35)37-4/h5-16H,17H2,1-4H3. The molecule has 3 aromatic heterocycles. The van der Waals surface area contributed by atoms with E-state index in [-0.39, 0.29) is 12.2 Å². The summed E-state index contributed by atoms with van der Waals surface area (Å²) < 4.78 is 19.4. The highest BCUT2D eigenvalue weighted by Gasteiger charge is 2.19. The Morgan fingerprint density at radius 1 is 0.974 bits per heavy atom. The monoisotopic (exact) mass is 510 g/mol. The molecule has 0 spiro atoms. The summed E-state index contributed by atoms with van der Waals surface area (Å²) in [6.45, 7) is 3.90. The second-order valence-electron chi connectivity index (χ2n) is 8.71. The highest BCUT2D eigenvalue weighted by atomic mass is 16.5. The molecular weight excluding hydrogens is 484 g/mol. The van der Waals surface area contributed by atoms with E-state index in [1.807, 2.05) is 43.3 Å². The fraction of sp³-hybridized carbons (Fsp3) is 0.172. The van der Waals surface area contributed by atoms with E-state index in [4.69, 9.17) is 24.3 Å². The maximum atomic E-state index is 13.6. The van der Waals surface area contributed by atoms with E-state index in [9.17, 15) is 9.59 Å². The first-order valence-electron chi connectivity index (χ1n) is 11.9. The van der Waals surface area contributed by atoms with E-state index in [0.29, 0.717) is 39.7 Å². The number of benzene rings is 2. The lowest BCUT2D eigenvalue weighted by atomic mass is 10.1. The average Bonchev–Trinajstić information content (AvgIpc) is 3.32. The molecule has 0 aliphatic carbocycles. The zero-order valence-electron chi connectivity index (χ0n) is 21.5. The minimum atomic E-state index is -0.419. The van der Waals surface area contributed by atoms with Crippen LogP contribution in [0.3, 0.4) is 0 Å². The third kappa shape index (κ3) is 4.61. The molecule has 5 rings (SSSR count). The number of ether oxygens (including phenoxy) is 3. The fourth-order valence-corrected chi connectivity index (χ4v) is 4.32. The van der Waals surface area contributed by atoms with Crippen LogP contribution in [0.1, 0.15) is 27.3 Å². The summed E-state index contributed by atoms with van der Waals surface area (Å²) in [7, 11) is 2.95. The van der Waals surface area contributed by atoms with Gasteiger partial charge in [-0.1, -0.05) is 18.2 Å². The minimum absolute atomic E-state index is 0.186. The third-order valence-corrected chi connectivity index (χ3v) is 6.18. The molecule has 2 aromatic carbocycles. The van der Waals surface area contributed by atoms with Gasteiger partial charge in [0.05, 0.1) is 36.7 Å². The lowest BCUT2D eigenvalue weighted by Crippen LogP contribution is -2.19. The molecule has 0 aliphatic heterocycles. The van der Waals surface area contributed by atoms with Crippen LogP contribution < -0.4 is 15.0 Å². The Balaban J connectivity index is 1.50. The third-order valence-electron chi connectivity index (χ3n) is 6.18. The lowest BCUT2D eigenvalue weighted by molar-refractivity contribution is 0.0600. The van der Waals surface area contributed by atoms with Crippen molar-refractivity contribution in [3.63, 3.8) is 0 Å². The number of pyridine rings is 1. The van der Waals surface area contributed by atoms with Gasteiger partial charge in [-0.25, -0.2) is 14.5 Å². The summed E-state index contributed by atoms with van der Waals surface area (Å²) in [6.07, 6.45) is 1.66.